The fraction of sp³-hybridized carbons (Fsp3) is 0.263. The summed E-state index contributed by atoms with van der Waals surface area (Å²) < 4.78 is 5.24. The Hall–Kier alpha value is -3.20. The largest absolute Gasteiger partial charge is 0.427 e. The molecule has 3 rings (SSSR count). The summed E-state index contributed by atoms with van der Waals surface area (Å²) in [7, 11) is 1.56. The molecule has 1 fully saturated rings. The Morgan fingerprint density at radius 2 is 1.93 bits per heavy atom. The fourth-order valence-corrected chi connectivity index (χ4v) is 3.28. The topological polar surface area (TPSA) is 96.0 Å². The summed E-state index contributed by atoms with van der Waals surface area (Å²) in [6.07, 6.45) is 0.413. The molecular weight excluding hydrogens is 382 g/mol. The summed E-state index contributed by atoms with van der Waals surface area (Å²) >= 11 is 1.35. The van der Waals surface area contributed by atoms with Gasteiger partial charge in [0.05, 0.1) is 4.88 Å². The summed E-state index contributed by atoms with van der Waals surface area (Å²) in [5.74, 6) is -0.563. The number of hydrogen-bond acceptors (Lipinski definition) is 6. The molecule has 1 aliphatic heterocycles. The van der Waals surface area contributed by atoms with Gasteiger partial charge in [-0.1, -0.05) is 6.07 Å². The van der Waals surface area contributed by atoms with Crippen molar-refractivity contribution in [2.45, 2.75) is 12.8 Å². The molecule has 1 N–H and O–H groups in total. The second-order valence-corrected chi connectivity index (χ2v) is 7.17. The Bertz CT molecular complexity index is 879. The molecular formula is C19H19N3O5S. The van der Waals surface area contributed by atoms with Crippen molar-refractivity contribution in [1.82, 2.24) is 9.80 Å². The van der Waals surface area contributed by atoms with Gasteiger partial charge in [0.15, 0.2) is 0 Å². The average molecular weight is 401 g/mol. The van der Waals surface area contributed by atoms with Crippen molar-refractivity contribution in [3.05, 3.63) is 46.7 Å². The molecule has 0 atom stereocenters. The van der Waals surface area contributed by atoms with Crippen molar-refractivity contribution in [2.24, 2.45) is 0 Å². The van der Waals surface area contributed by atoms with Gasteiger partial charge in [0.1, 0.15) is 12.3 Å². The second-order valence-electron chi connectivity index (χ2n) is 6.22. The maximum Gasteiger partial charge on any atom is 0.326 e. The molecule has 1 saturated heterocycles. The molecule has 28 heavy (non-hydrogen) atoms. The van der Waals surface area contributed by atoms with E-state index < -0.39 is 5.97 Å². The first-order valence-corrected chi connectivity index (χ1v) is 9.53. The zero-order valence-electron chi connectivity index (χ0n) is 15.2. The molecule has 0 saturated carbocycles. The number of carbonyl (C=O) groups is 4. The molecule has 1 aromatic heterocycles. The van der Waals surface area contributed by atoms with Crippen molar-refractivity contribution >= 4 is 40.8 Å². The van der Waals surface area contributed by atoms with Crippen LogP contribution in [0.4, 0.5) is 10.5 Å². The predicted molar refractivity (Wildman–Crippen MR) is 103 cm³/mol. The normalized spacial score (nSPS) is 13.8. The molecule has 2 aromatic rings. The van der Waals surface area contributed by atoms with E-state index in [2.05, 4.69) is 5.32 Å². The quantitative estimate of drug-likeness (QED) is 0.437. The number of benzene rings is 1. The molecule has 4 amide bonds. The number of amides is 4. The lowest BCUT2D eigenvalue weighted by Gasteiger charge is -2.13. The van der Waals surface area contributed by atoms with Gasteiger partial charge in [0.2, 0.25) is 5.91 Å². The molecule has 0 aliphatic carbocycles. The fourth-order valence-electron chi connectivity index (χ4n) is 2.66. The zero-order valence-corrected chi connectivity index (χ0v) is 16.0. The van der Waals surface area contributed by atoms with Gasteiger partial charge in [-0.25, -0.2) is 4.79 Å². The lowest BCUT2D eigenvalue weighted by atomic mass is 10.2. The molecule has 1 aliphatic rings. The van der Waals surface area contributed by atoms with E-state index in [1.54, 1.807) is 43.4 Å². The Kier molecular flexibility index (Phi) is 6.05. The van der Waals surface area contributed by atoms with Crippen LogP contribution < -0.4 is 10.1 Å². The van der Waals surface area contributed by atoms with Crippen LogP contribution in [0.5, 0.6) is 5.75 Å². The van der Waals surface area contributed by atoms with Crippen LogP contribution in [0.1, 0.15) is 22.5 Å². The van der Waals surface area contributed by atoms with Crippen LogP contribution in [0, 0.1) is 0 Å². The molecule has 9 heteroatoms. The van der Waals surface area contributed by atoms with Gasteiger partial charge >= 0.3 is 12.0 Å². The van der Waals surface area contributed by atoms with Crippen LogP contribution in [0.2, 0.25) is 0 Å². The number of anilines is 1. The number of imide groups is 1. The third kappa shape index (κ3) is 4.74. The molecule has 0 unspecified atom stereocenters. The minimum atomic E-state index is -0.456. The van der Waals surface area contributed by atoms with Crippen molar-refractivity contribution in [3.8, 4) is 5.75 Å². The van der Waals surface area contributed by atoms with Crippen LogP contribution in [-0.4, -0.2) is 53.8 Å². The minimum Gasteiger partial charge on any atom is -0.427 e. The predicted octanol–water partition coefficient (Wildman–Crippen LogP) is 2.58. The van der Waals surface area contributed by atoms with E-state index in [9.17, 15) is 19.2 Å². The average Bonchev–Trinajstić information content (AvgIpc) is 3.28. The highest BCUT2D eigenvalue weighted by molar-refractivity contribution is 7.12. The first-order chi connectivity index (χ1) is 13.4. The highest BCUT2D eigenvalue weighted by Crippen LogP contribution is 2.18. The van der Waals surface area contributed by atoms with Gasteiger partial charge in [-0.05, 0) is 42.1 Å². The third-order valence-electron chi connectivity index (χ3n) is 4.08. The number of urea groups is 1. The highest BCUT2D eigenvalue weighted by Gasteiger charge is 2.32. The number of nitrogens with zero attached hydrogens (tertiary/aromatic N) is 2. The molecule has 2 heterocycles. The van der Waals surface area contributed by atoms with Gasteiger partial charge < -0.3 is 15.0 Å². The highest BCUT2D eigenvalue weighted by atomic mass is 32.1. The minimum absolute atomic E-state index is 0.0681. The lowest BCUT2D eigenvalue weighted by Crippen LogP contribution is -2.32. The Morgan fingerprint density at radius 3 is 2.54 bits per heavy atom. The number of rotatable bonds is 7. The van der Waals surface area contributed by atoms with Crippen LogP contribution in [0.15, 0.2) is 41.8 Å². The lowest BCUT2D eigenvalue weighted by molar-refractivity contribution is -0.135. The Balaban J connectivity index is 1.43. The van der Waals surface area contributed by atoms with E-state index in [-0.39, 0.29) is 37.4 Å². The van der Waals surface area contributed by atoms with E-state index in [1.807, 2.05) is 5.38 Å². The molecule has 0 spiro atoms. The van der Waals surface area contributed by atoms with Crippen molar-refractivity contribution in [3.63, 3.8) is 0 Å². The summed E-state index contributed by atoms with van der Waals surface area (Å²) in [5.41, 5.74) is 0.591. The summed E-state index contributed by atoms with van der Waals surface area (Å²) in [4.78, 5) is 50.4. The summed E-state index contributed by atoms with van der Waals surface area (Å²) in [5, 5.41) is 4.58. The zero-order chi connectivity index (χ0) is 20.1. The van der Waals surface area contributed by atoms with Crippen LogP contribution >= 0.6 is 11.3 Å². The van der Waals surface area contributed by atoms with E-state index in [0.717, 1.165) is 4.90 Å². The number of ether oxygens (including phenoxy) is 1. The number of nitrogens with one attached hydrogen (secondary N) is 1. The second kappa shape index (κ2) is 8.66. The molecule has 1 aromatic carbocycles. The Morgan fingerprint density at radius 1 is 1.18 bits per heavy atom. The first-order valence-electron chi connectivity index (χ1n) is 8.65. The van der Waals surface area contributed by atoms with Gasteiger partial charge in [0, 0.05) is 25.7 Å². The Labute approximate surface area is 165 Å². The van der Waals surface area contributed by atoms with Gasteiger partial charge in [0.25, 0.3) is 5.91 Å². The number of hydrogen-bond donors (Lipinski definition) is 1. The maximum atomic E-state index is 12.0. The monoisotopic (exact) mass is 401 g/mol. The smallest absolute Gasteiger partial charge is 0.326 e. The summed E-state index contributed by atoms with van der Waals surface area (Å²) in [6, 6.07) is 9.65. The van der Waals surface area contributed by atoms with Crippen molar-refractivity contribution in [2.75, 3.05) is 25.5 Å². The molecule has 0 radical (unpaired) electrons. The van der Waals surface area contributed by atoms with E-state index in [1.165, 1.54) is 16.2 Å². The first kappa shape index (κ1) is 19.6. The van der Waals surface area contributed by atoms with Crippen molar-refractivity contribution < 1.29 is 23.9 Å². The molecule has 146 valence electrons. The summed E-state index contributed by atoms with van der Waals surface area (Å²) in [6.45, 7) is 0.253. The molecule has 8 nitrogen and oxygen atoms in total. The van der Waals surface area contributed by atoms with E-state index in [0.29, 0.717) is 22.7 Å². The van der Waals surface area contributed by atoms with E-state index >= 15 is 0 Å². The maximum absolute atomic E-state index is 12.0. The number of thiophene rings is 1. The van der Waals surface area contributed by atoms with Crippen LogP contribution in [-0.2, 0) is 9.59 Å². The van der Waals surface area contributed by atoms with E-state index in [4.69, 9.17) is 4.74 Å². The number of likely N-dealkylation sites (N-methyl/N-ethyl adjacent to an activating group) is 1. The SMILES string of the molecule is CN1CC(=O)N(CCCC(=O)Oc2ccc(NC(=O)c3cccs3)cc2)C1=O. The number of esters is 1. The van der Waals surface area contributed by atoms with Gasteiger partial charge in [-0.3, -0.25) is 19.3 Å². The number of carbonyl (C=O) groups excluding carboxylic acids is 4. The van der Waals surface area contributed by atoms with Crippen LogP contribution in [0.25, 0.3) is 0 Å². The molecule has 0 bridgehead atoms. The van der Waals surface area contributed by atoms with Crippen LogP contribution in [0.3, 0.4) is 0 Å². The third-order valence-corrected chi connectivity index (χ3v) is 4.95. The van der Waals surface area contributed by atoms with Gasteiger partial charge in [-0.2, -0.15) is 0 Å². The standard InChI is InChI=1S/C19H19N3O5S/c1-21-12-16(23)22(19(21)26)10-2-5-17(24)27-14-8-6-13(7-9-14)20-18(25)15-4-3-11-28-15/h3-4,6-9,11H,2,5,10,12H2,1H3,(H,20,25). The van der Waals surface area contributed by atoms with Crippen molar-refractivity contribution in [1.29, 1.82) is 0 Å². The van der Waals surface area contributed by atoms with Gasteiger partial charge in [-0.15, -0.1) is 11.3 Å².